The maximum Gasteiger partial charge on any atom is 0.253 e. The van der Waals surface area contributed by atoms with Crippen molar-refractivity contribution in [3.05, 3.63) is 83.6 Å². The second-order valence-corrected chi connectivity index (χ2v) is 12.0. The lowest BCUT2D eigenvalue weighted by Gasteiger charge is -2.44. The van der Waals surface area contributed by atoms with Crippen LogP contribution in [0.2, 0.25) is 0 Å². The molecular weight excluding hydrogens is 558 g/mol. The molecule has 3 N–H and O–H groups in total. The van der Waals surface area contributed by atoms with Gasteiger partial charge in [0.1, 0.15) is 11.4 Å². The maximum atomic E-state index is 13.9. The van der Waals surface area contributed by atoms with Crippen molar-refractivity contribution < 1.29 is 19.1 Å². The lowest BCUT2D eigenvalue weighted by molar-refractivity contribution is -0.00570. The number of benzene rings is 3. The van der Waals surface area contributed by atoms with Gasteiger partial charge in [-0.05, 0) is 71.6 Å². The summed E-state index contributed by atoms with van der Waals surface area (Å²) in [5.74, 6) is 0.436. The molecule has 2 aliphatic heterocycles. The molecule has 2 aromatic heterocycles. The Morgan fingerprint density at radius 1 is 0.955 bits per heavy atom. The molecule has 220 valence electrons. The highest BCUT2D eigenvalue weighted by atomic mass is 16.5. The first-order valence-corrected chi connectivity index (χ1v) is 14.8. The number of carbonyl (C=O) groups is 3. The van der Waals surface area contributed by atoms with Gasteiger partial charge in [0, 0.05) is 65.8 Å². The molecule has 2 amide bonds. The van der Waals surface area contributed by atoms with E-state index in [2.05, 4.69) is 37.5 Å². The maximum absolute atomic E-state index is 13.9. The van der Waals surface area contributed by atoms with Crippen LogP contribution in [-0.2, 0) is 0 Å². The smallest absolute Gasteiger partial charge is 0.253 e. The fourth-order valence-electron chi connectivity index (χ4n) is 6.62. The third-order valence-electron chi connectivity index (χ3n) is 9.14. The number of H-pyrrole nitrogens is 1. The number of rotatable bonds is 5. The molecule has 2 fully saturated rings. The van der Waals surface area contributed by atoms with Gasteiger partial charge in [0.25, 0.3) is 5.91 Å². The van der Waals surface area contributed by atoms with Crippen molar-refractivity contribution in [1.29, 1.82) is 0 Å². The van der Waals surface area contributed by atoms with Crippen LogP contribution in [0.15, 0.2) is 66.9 Å². The van der Waals surface area contributed by atoms with Crippen LogP contribution in [0.1, 0.15) is 69.2 Å². The first-order valence-electron chi connectivity index (χ1n) is 14.8. The second-order valence-electron chi connectivity index (χ2n) is 12.0. The largest absolute Gasteiger partial charge is 0.486 e. The van der Waals surface area contributed by atoms with Crippen LogP contribution in [-0.4, -0.2) is 66.4 Å². The monoisotopic (exact) mass is 587 g/mol. The average molecular weight is 588 g/mol. The van der Waals surface area contributed by atoms with E-state index in [1.165, 1.54) is 0 Å². The van der Waals surface area contributed by atoms with Gasteiger partial charge < -0.3 is 19.9 Å². The van der Waals surface area contributed by atoms with E-state index in [0.29, 0.717) is 60.2 Å². The number of fused-ring (bicyclic) bond motifs is 2. The number of tetrazole rings is 1. The Hall–Kier alpha value is -5.32. The summed E-state index contributed by atoms with van der Waals surface area (Å²) in [6.45, 7) is 0.942. The van der Waals surface area contributed by atoms with Gasteiger partial charge in [-0.25, -0.2) is 0 Å². The van der Waals surface area contributed by atoms with Gasteiger partial charge in [-0.15, -0.1) is 10.2 Å². The summed E-state index contributed by atoms with van der Waals surface area (Å²) in [6, 6.07) is 18.9. The number of amides is 2. The lowest BCUT2D eigenvalue weighted by Crippen LogP contribution is -2.52. The lowest BCUT2D eigenvalue weighted by atomic mass is 9.81. The van der Waals surface area contributed by atoms with Crippen LogP contribution in [0.4, 0.5) is 0 Å². The van der Waals surface area contributed by atoms with Crippen LogP contribution < -0.4 is 10.5 Å². The number of ether oxygens (including phenoxy) is 1. The van der Waals surface area contributed by atoms with E-state index in [-0.39, 0.29) is 18.1 Å². The van der Waals surface area contributed by atoms with E-state index in [4.69, 9.17) is 10.5 Å². The van der Waals surface area contributed by atoms with Gasteiger partial charge in [-0.3, -0.25) is 14.4 Å². The minimum atomic E-state index is -0.658. The molecule has 0 radical (unpaired) electrons. The summed E-state index contributed by atoms with van der Waals surface area (Å²) < 4.78 is 8.75. The van der Waals surface area contributed by atoms with Crippen molar-refractivity contribution in [3.63, 3.8) is 0 Å². The summed E-state index contributed by atoms with van der Waals surface area (Å²) in [5, 5.41) is 15.6. The molecule has 11 nitrogen and oxygen atoms in total. The predicted octanol–water partition coefficient (Wildman–Crippen LogP) is 4.56. The van der Waals surface area contributed by atoms with E-state index < -0.39 is 11.5 Å². The number of nitrogens with zero attached hydrogens (tertiary/aromatic N) is 5. The summed E-state index contributed by atoms with van der Waals surface area (Å²) >= 11 is 0. The van der Waals surface area contributed by atoms with E-state index in [0.717, 1.165) is 40.4 Å². The number of ketones is 1. The second kappa shape index (κ2) is 9.87. The number of piperidine rings is 1. The summed E-state index contributed by atoms with van der Waals surface area (Å²) in [7, 11) is 0. The standard InChI is InChI=1S/C33H29N7O4/c34-30(42)21-3-1-2-19(14-21)20-4-7-29-26(15-20)28(41)18-33(44-29)9-12-39(13-10-33)32(43)22-16-25(31-35-37-38-36-31)24-8-11-40(23-5-6-23)27(24)17-22/h1-4,7-8,11,14-17,23H,5-6,9-10,12-13,18H2,(H2,34,42)(H,35,36,37,38). The molecule has 1 aliphatic carbocycles. The Kier molecular flexibility index (Phi) is 5.90. The first kappa shape index (κ1) is 26.3. The van der Waals surface area contributed by atoms with Crippen molar-refractivity contribution >= 4 is 28.5 Å². The molecular formula is C33H29N7O4. The molecule has 11 heteroatoms. The highest BCUT2D eigenvalue weighted by molar-refractivity contribution is 6.04. The Labute approximate surface area is 252 Å². The van der Waals surface area contributed by atoms with E-state index in [9.17, 15) is 14.4 Å². The number of likely N-dealkylation sites (tertiary alicyclic amines) is 1. The Morgan fingerprint density at radius 2 is 1.77 bits per heavy atom. The Morgan fingerprint density at radius 3 is 2.52 bits per heavy atom. The molecule has 0 unspecified atom stereocenters. The fraction of sp³-hybridized carbons (Fsp3) is 0.273. The number of primary amides is 1. The van der Waals surface area contributed by atoms with E-state index in [1.807, 2.05) is 41.3 Å². The molecule has 3 aliphatic rings. The van der Waals surface area contributed by atoms with Gasteiger partial charge in [-0.1, -0.05) is 18.2 Å². The third kappa shape index (κ3) is 4.43. The number of carbonyl (C=O) groups excluding carboxylic acids is 3. The van der Waals surface area contributed by atoms with Gasteiger partial charge in [-0.2, -0.15) is 5.21 Å². The quantitative estimate of drug-likeness (QED) is 0.306. The van der Waals surface area contributed by atoms with Crippen molar-refractivity contribution in [2.75, 3.05) is 13.1 Å². The van der Waals surface area contributed by atoms with Crippen molar-refractivity contribution in [1.82, 2.24) is 30.1 Å². The molecule has 3 aromatic carbocycles. The molecule has 4 heterocycles. The predicted molar refractivity (Wildman–Crippen MR) is 161 cm³/mol. The minimum absolute atomic E-state index is 0.00924. The minimum Gasteiger partial charge on any atom is -0.486 e. The number of nitrogens with two attached hydrogens (primary N) is 1. The molecule has 8 rings (SSSR count). The van der Waals surface area contributed by atoms with Gasteiger partial charge in [0.05, 0.1) is 12.0 Å². The van der Waals surface area contributed by atoms with Gasteiger partial charge in [0.2, 0.25) is 11.7 Å². The number of nitrogens with one attached hydrogen (secondary N) is 1. The van der Waals surface area contributed by atoms with Crippen LogP contribution in [0.3, 0.4) is 0 Å². The number of hydrogen-bond acceptors (Lipinski definition) is 7. The van der Waals surface area contributed by atoms with E-state index in [1.54, 1.807) is 18.2 Å². The van der Waals surface area contributed by atoms with Crippen molar-refractivity contribution in [2.24, 2.45) is 5.73 Å². The average Bonchev–Trinajstić information content (AvgIpc) is 3.54. The van der Waals surface area contributed by atoms with Crippen molar-refractivity contribution in [3.8, 4) is 28.3 Å². The molecule has 0 bridgehead atoms. The highest BCUT2D eigenvalue weighted by Crippen LogP contribution is 2.42. The van der Waals surface area contributed by atoms with Crippen LogP contribution in [0.25, 0.3) is 33.4 Å². The third-order valence-corrected chi connectivity index (χ3v) is 9.14. The normalized spacial score (nSPS) is 17.5. The molecule has 1 saturated carbocycles. The van der Waals surface area contributed by atoms with E-state index >= 15 is 0 Å². The fourth-order valence-corrected chi connectivity index (χ4v) is 6.62. The number of aromatic nitrogens is 5. The van der Waals surface area contributed by atoms with Gasteiger partial charge in [0.15, 0.2) is 5.78 Å². The first-order chi connectivity index (χ1) is 21.4. The molecule has 5 aromatic rings. The highest BCUT2D eigenvalue weighted by Gasteiger charge is 2.44. The van der Waals surface area contributed by atoms with Crippen LogP contribution in [0.5, 0.6) is 5.75 Å². The number of hydrogen-bond donors (Lipinski definition) is 2. The zero-order chi connectivity index (χ0) is 30.0. The van der Waals surface area contributed by atoms with Crippen LogP contribution in [0, 0.1) is 0 Å². The molecule has 44 heavy (non-hydrogen) atoms. The number of Topliss-reactive ketones (excluding diaryl/α,β-unsaturated/α-hetero) is 1. The molecule has 0 atom stereocenters. The van der Waals surface area contributed by atoms with Crippen LogP contribution >= 0.6 is 0 Å². The summed E-state index contributed by atoms with van der Waals surface area (Å²) in [6.07, 6.45) is 5.66. The summed E-state index contributed by atoms with van der Waals surface area (Å²) in [4.78, 5) is 40.8. The Bertz CT molecular complexity index is 1970. The topological polar surface area (TPSA) is 149 Å². The summed E-state index contributed by atoms with van der Waals surface area (Å²) in [5.41, 5.74) is 9.67. The van der Waals surface area contributed by atoms with Gasteiger partial charge >= 0.3 is 0 Å². The van der Waals surface area contributed by atoms with Crippen molar-refractivity contribution in [2.45, 2.75) is 43.7 Å². The SMILES string of the molecule is NC(=O)c1cccc(-c2ccc3c(c2)C(=O)CC2(CCN(C(=O)c4cc(-c5nn[nH]n5)c5ccn(C6CC6)c5c4)CC2)O3)c1. The zero-order valence-electron chi connectivity index (χ0n) is 23.8. The molecule has 1 saturated heterocycles. The number of aromatic amines is 1. The Balaban J connectivity index is 1.03. The molecule has 1 spiro atoms. The zero-order valence-corrected chi connectivity index (χ0v) is 23.8.